The molecule has 0 aliphatic heterocycles. The number of rotatable bonds is 3. The molecule has 0 aliphatic carbocycles. The van der Waals surface area contributed by atoms with Gasteiger partial charge >= 0.3 is 5.97 Å². The van der Waals surface area contributed by atoms with E-state index in [1.165, 1.54) is 0 Å². The number of benzene rings is 2. The lowest BCUT2D eigenvalue weighted by Gasteiger charge is -2.11. The van der Waals surface area contributed by atoms with E-state index >= 15 is 0 Å². The first-order valence-corrected chi connectivity index (χ1v) is 7.08. The van der Waals surface area contributed by atoms with E-state index in [9.17, 15) is 9.90 Å². The summed E-state index contributed by atoms with van der Waals surface area (Å²) in [5.41, 5.74) is 1.87. The van der Waals surface area contributed by atoms with Crippen LogP contribution in [-0.4, -0.2) is 15.6 Å². The van der Waals surface area contributed by atoms with Crippen LogP contribution < -0.4 is 0 Å². The number of nitrogens with zero attached hydrogens (tertiary/aromatic N) is 1. The second-order valence-corrected chi connectivity index (χ2v) is 5.48. The molecule has 1 aromatic heterocycles. The molecule has 0 atom stereocenters. The molecular formula is C16H11Cl2NO2. The van der Waals surface area contributed by atoms with Crippen LogP contribution in [0.1, 0.15) is 16.1 Å². The summed E-state index contributed by atoms with van der Waals surface area (Å²) in [5, 5.41) is 11.2. The van der Waals surface area contributed by atoms with Crippen LogP contribution in [0.4, 0.5) is 0 Å². The molecule has 0 amide bonds. The van der Waals surface area contributed by atoms with Gasteiger partial charge in [-0.2, -0.15) is 0 Å². The van der Waals surface area contributed by atoms with Gasteiger partial charge in [-0.3, -0.25) is 0 Å². The summed E-state index contributed by atoms with van der Waals surface area (Å²) in [6, 6.07) is 14.5. The van der Waals surface area contributed by atoms with Crippen LogP contribution in [0.3, 0.4) is 0 Å². The smallest absolute Gasteiger partial charge is 0.352 e. The van der Waals surface area contributed by atoms with Crippen LogP contribution in [0.2, 0.25) is 10.0 Å². The van der Waals surface area contributed by atoms with Crippen molar-refractivity contribution in [3.63, 3.8) is 0 Å². The highest BCUT2D eigenvalue weighted by Gasteiger charge is 2.16. The SMILES string of the molecule is O=C(O)c1cc2ccccc2n1Cc1cccc(Cl)c1Cl. The Labute approximate surface area is 131 Å². The second kappa shape index (κ2) is 5.43. The molecule has 1 N–H and O–H groups in total. The summed E-state index contributed by atoms with van der Waals surface area (Å²) in [4.78, 5) is 11.5. The first-order chi connectivity index (χ1) is 10.1. The van der Waals surface area contributed by atoms with E-state index in [2.05, 4.69) is 0 Å². The fraction of sp³-hybridized carbons (Fsp3) is 0.0625. The van der Waals surface area contributed by atoms with Gasteiger partial charge in [-0.15, -0.1) is 0 Å². The van der Waals surface area contributed by atoms with Crippen LogP contribution in [-0.2, 0) is 6.54 Å². The van der Waals surface area contributed by atoms with Crippen molar-refractivity contribution < 1.29 is 9.90 Å². The van der Waals surface area contributed by atoms with Crippen molar-refractivity contribution >= 4 is 40.1 Å². The maximum Gasteiger partial charge on any atom is 0.352 e. The fourth-order valence-corrected chi connectivity index (χ4v) is 2.78. The summed E-state index contributed by atoms with van der Waals surface area (Å²) >= 11 is 12.2. The van der Waals surface area contributed by atoms with Gasteiger partial charge in [0.25, 0.3) is 0 Å². The summed E-state index contributed by atoms with van der Waals surface area (Å²) < 4.78 is 1.73. The molecule has 0 radical (unpaired) electrons. The number of aromatic nitrogens is 1. The third kappa shape index (κ3) is 2.50. The van der Waals surface area contributed by atoms with Gasteiger partial charge in [0.15, 0.2) is 0 Å². The third-order valence-electron chi connectivity index (χ3n) is 3.39. The van der Waals surface area contributed by atoms with Gasteiger partial charge in [0.1, 0.15) is 5.69 Å². The first kappa shape index (κ1) is 14.0. The quantitative estimate of drug-likeness (QED) is 0.760. The average Bonchev–Trinajstić information content (AvgIpc) is 2.83. The minimum Gasteiger partial charge on any atom is -0.477 e. The first-order valence-electron chi connectivity index (χ1n) is 6.32. The number of carbonyl (C=O) groups is 1. The number of para-hydroxylation sites is 1. The Morgan fingerprint density at radius 1 is 1.10 bits per heavy atom. The molecule has 21 heavy (non-hydrogen) atoms. The van der Waals surface area contributed by atoms with Crippen molar-refractivity contribution in [1.29, 1.82) is 0 Å². The van der Waals surface area contributed by atoms with Crippen molar-refractivity contribution in [2.24, 2.45) is 0 Å². The standard InChI is InChI=1S/C16H11Cl2NO2/c17-12-6-3-5-11(15(12)18)9-19-13-7-2-1-4-10(13)8-14(19)16(20)21/h1-8H,9H2,(H,20,21). The fourth-order valence-electron chi connectivity index (χ4n) is 2.40. The Bertz CT molecular complexity index is 839. The van der Waals surface area contributed by atoms with Crippen LogP contribution in [0.5, 0.6) is 0 Å². The molecule has 3 rings (SSSR count). The molecular weight excluding hydrogens is 309 g/mol. The Kier molecular flexibility index (Phi) is 3.62. The topological polar surface area (TPSA) is 42.2 Å². The molecule has 106 valence electrons. The average molecular weight is 320 g/mol. The molecule has 0 spiro atoms. The monoisotopic (exact) mass is 319 g/mol. The van der Waals surface area contributed by atoms with Gasteiger partial charge in [0, 0.05) is 17.4 Å². The Balaban J connectivity index is 2.17. The van der Waals surface area contributed by atoms with Crippen LogP contribution in [0, 0.1) is 0 Å². The van der Waals surface area contributed by atoms with E-state index in [4.69, 9.17) is 23.2 Å². The molecule has 3 nitrogen and oxygen atoms in total. The van der Waals surface area contributed by atoms with E-state index < -0.39 is 5.97 Å². The lowest BCUT2D eigenvalue weighted by atomic mass is 10.2. The van der Waals surface area contributed by atoms with Gasteiger partial charge < -0.3 is 9.67 Å². The van der Waals surface area contributed by atoms with Gasteiger partial charge in [0.05, 0.1) is 10.0 Å². The number of fused-ring (bicyclic) bond motifs is 1. The molecule has 2 aromatic carbocycles. The van der Waals surface area contributed by atoms with Gasteiger partial charge in [-0.25, -0.2) is 4.79 Å². The number of halogens is 2. The van der Waals surface area contributed by atoms with Gasteiger partial charge in [-0.05, 0) is 23.8 Å². The summed E-state index contributed by atoms with van der Waals surface area (Å²) in [7, 11) is 0. The van der Waals surface area contributed by atoms with Crippen molar-refractivity contribution in [2.45, 2.75) is 6.54 Å². The highest BCUT2D eigenvalue weighted by molar-refractivity contribution is 6.42. The van der Waals surface area contributed by atoms with Gasteiger partial charge in [0.2, 0.25) is 0 Å². The highest BCUT2D eigenvalue weighted by atomic mass is 35.5. The summed E-state index contributed by atoms with van der Waals surface area (Å²) in [6.07, 6.45) is 0. The molecule has 0 fully saturated rings. The maximum absolute atomic E-state index is 11.5. The van der Waals surface area contributed by atoms with E-state index in [0.29, 0.717) is 16.6 Å². The lowest BCUT2D eigenvalue weighted by Crippen LogP contribution is -2.09. The molecule has 0 saturated carbocycles. The molecule has 1 heterocycles. The zero-order valence-electron chi connectivity index (χ0n) is 10.9. The van der Waals surface area contributed by atoms with Crippen molar-refractivity contribution in [3.05, 3.63) is 69.8 Å². The van der Waals surface area contributed by atoms with E-state index in [1.54, 1.807) is 22.8 Å². The number of hydrogen-bond acceptors (Lipinski definition) is 1. The van der Waals surface area contributed by atoms with Crippen LogP contribution >= 0.6 is 23.2 Å². The zero-order chi connectivity index (χ0) is 15.0. The summed E-state index contributed by atoms with van der Waals surface area (Å²) in [5.74, 6) is -0.968. The minimum atomic E-state index is -0.968. The predicted molar refractivity (Wildman–Crippen MR) is 84.5 cm³/mol. The number of hydrogen-bond donors (Lipinski definition) is 1. The molecule has 3 aromatic rings. The van der Waals surface area contributed by atoms with E-state index in [-0.39, 0.29) is 5.69 Å². The summed E-state index contributed by atoms with van der Waals surface area (Å²) in [6.45, 7) is 0.356. The Morgan fingerprint density at radius 3 is 2.62 bits per heavy atom. The van der Waals surface area contributed by atoms with E-state index in [1.807, 2.05) is 30.3 Å². The number of aromatic carboxylic acids is 1. The van der Waals surface area contributed by atoms with Crippen molar-refractivity contribution in [2.75, 3.05) is 0 Å². The van der Waals surface area contributed by atoms with E-state index in [0.717, 1.165) is 16.5 Å². The molecule has 0 saturated heterocycles. The van der Waals surface area contributed by atoms with Crippen molar-refractivity contribution in [3.8, 4) is 0 Å². The molecule has 0 bridgehead atoms. The van der Waals surface area contributed by atoms with Crippen LogP contribution in [0.25, 0.3) is 10.9 Å². The second-order valence-electron chi connectivity index (χ2n) is 4.69. The zero-order valence-corrected chi connectivity index (χ0v) is 12.4. The number of carboxylic acids is 1. The number of carboxylic acid groups (broad SMARTS) is 1. The molecule has 0 aliphatic rings. The van der Waals surface area contributed by atoms with Crippen molar-refractivity contribution in [1.82, 2.24) is 4.57 Å². The maximum atomic E-state index is 11.5. The highest BCUT2D eigenvalue weighted by Crippen LogP contribution is 2.28. The Hall–Kier alpha value is -1.97. The normalized spacial score (nSPS) is 11.0. The largest absolute Gasteiger partial charge is 0.477 e. The third-order valence-corrected chi connectivity index (χ3v) is 4.25. The Morgan fingerprint density at radius 2 is 1.86 bits per heavy atom. The van der Waals surface area contributed by atoms with Gasteiger partial charge in [-0.1, -0.05) is 53.5 Å². The van der Waals surface area contributed by atoms with Crippen LogP contribution in [0.15, 0.2) is 48.5 Å². The predicted octanol–water partition coefficient (Wildman–Crippen LogP) is 4.69. The minimum absolute atomic E-state index is 0.229. The molecule has 5 heteroatoms. The lowest BCUT2D eigenvalue weighted by molar-refractivity contribution is 0.0686. The molecule has 0 unspecified atom stereocenters.